The first-order chi connectivity index (χ1) is 10.6. The summed E-state index contributed by atoms with van der Waals surface area (Å²) < 4.78 is 0. The minimum Gasteiger partial charge on any atom is -0.396 e. The average molecular weight is 304 g/mol. The molecule has 0 aromatic heterocycles. The number of aliphatic hydroxyl groups is 1. The zero-order valence-corrected chi connectivity index (χ0v) is 14.0. The summed E-state index contributed by atoms with van der Waals surface area (Å²) in [5, 5.41) is 9.29. The lowest BCUT2D eigenvalue weighted by Gasteiger charge is -2.32. The van der Waals surface area contributed by atoms with Gasteiger partial charge < -0.3 is 14.9 Å². The summed E-state index contributed by atoms with van der Waals surface area (Å²) in [5.41, 5.74) is 1.89. The van der Waals surface area contributed by atoms with Crippen LogP contribution in [-0.2, 0) is 0 Å². The Morgan fingerprint density at radius 2 is 2.05 bits per heavy atom. The molecule has 4 heteroatoms. The van der Waals surface area contributed by atoms with Crippen molar-refractivity contribution in [2.24, 2.45) is 5.92 Å². The highest BCUT2D eigenvalue weighted by Crippen LogP contribution is 2.21. The fourth-order valence-corrected chi connectivity index (χ4v) is 3.22. The number of likely N-dealkylation sites (tertiary alicyclic amines) is 1. The molecular formula is C18H28N2O2. The SMILES string of the molecule is CCN(c1ccc(C(=O)N2CCCC(CO)C2)cc1)C(C)C. The summed E-state index contributed by atoms with van der Waals surface area (Å²) in [4.78, 5) is 16.8. The molecule has 1 N–H and O–H groups in total. The standard InChI is InChI=1S/C18H28N2O2/c1-4-20(14(2)3)17-9-7-16(8-10-17)18(22)19-11-5-6-15(12-19)13-21/h7-10,14-15,21H,4-6,11-13H2,1-3H3. The van der Waals surface area contributed by atoms with Gasteiger partial charge in [-0.2, -0.15) is 0 Å². The van der Waals surface area contributed by atoms with Crippen LogP contribution in [0, 0.1) is 5.92 Å². The second kappa shape index (κ2) is 7.63. The fraction of sp³-hybridized carbons (Fsp3) is 0.611. The maximum atomic E-state index is 12.6. The molecule has 0 bridgehead atoms. The Balaban J connectivity index is 2.08. The Morgan fingerprint density at radius 3 is 2.59 bits per heavy atom. The van der Waals surface area contributed by atoms with Gasteiger partial charge in [-0.15, -0.1) is 0 Å². The molecule has 0 radical (unpaired) electrons. The van der Waals surface area contributed by atoms with Crippen molar-refractivity contribution in [3.05, 3.63) is 29.8 Å². The van der Waals surface area contributed by atoms with E-state index in [9.17, 15) is 9.90 Å². The minimum atomic E-state index is 0.0808. The zero-order valence-electron chi connectivity index (χ0n) is 14.0. The number of carbonyl (C=O) groups is 1. The molecule has 1 saturated heterocycles. The predicted molar refractivity (Wildman–Crippen MR) is 90.3 cm³/mol. The Kier molecular flexibility index (Phi) is 5.83. The molecule has 1 atom stereocenters. The number of rotatable bonds is 5. The van der Waals surface area contributed by atoms with Crippen LogP contribution in [0.25, 0.3) is 0 Å². The summed E-state index contributed by atoms with van der Waals surface area (Å²) in [6.07, 6.45) is 1.99. The van der Waals surface area contributed by atoms with Crippen molar-refractivity contribution in [3.63, 3.8) is 0 Å². The molecule has 1 aromatic carbocycles. The molecule has 0 aliphatic carbocycles. The number of anilines is 1. The van der Waals surface area contributed by atoms with Crippen molar-refractivity contribution < 1.29 is 9.90 Å². The van der Waals surface area contributed by atoms with Gasteiger partial charge in [0.1, 0.15) is 0 Å². The Hall–Kier alpha value is -1.55. The third-order valence-corrected chi connectivity index (χ3v) is 4.47. The number of hydrogen-bond donors (Lipinski definition) is 1. The van der Waals surface area contributed by atoms with Crippen molar-refractivity contribution in [3.8, 4) is 0 Å². The number of benzene rings is 1. The normalized spacial score (nSPS) is 18.6. The largest absolute Gasteiger partial charge is 0.396 e. The third-order valence-electron chi connectivity index (χ3n) is 4.47. The zero-order chi connectivity index (χ0) is 16.1. The molecule has 0 saturated carbocycles. The van der Waals surface area contributed by atoms with E-state index in [0.717, 1.165) is 37.2 Å². The van der Waals surface area contributed by atoms with Gasteiger partial charge in [-0.1, -0.05) is 0 Å². The van der Waals surface area contributed by atoms with Crippen molar-refractivity contribution in [1.29, 1.82) is 0 Å². The van der Waals surface area contributed by atoms with E-state index in [-0.39, 0.29) is 18.4 Å². The number of amides is 1. The molecule has 1 heterocycles. The van der Waals surface area contributed by atoms with Crippen LogP contribution in [0.3, 0.4) is 0 Å². The highest BCUT2D eigenvalue weighted by molar-refractivity contribution is 5.94. The van der Waals surface area contributed by atoms with Gasteiger partial charge in [0.2, 0.25) is 0 Å². The number of hydrogen-bond acceptors (Lipinski definition) is 3. The first-order valence-corrected chi connectivity index (χ1v) is 8.33. The van der Waals surface area contributed by atoms with Crippen LogP contribution in [0.2, 0.25) is 0 Å². The first-order valence-electron chi connectivity index (χ1n) is 8.33. The van der Waals surface area contributed by atoms with Crippen molar-refractivity contribution >= 4 is 11.6 Å². The summed E-state index contributed by atoms with van der Waals surface area (Å²) in [6, 6.07) is 8.35. The van der Waals surface area contributed by atoms with Gasteiger partial charge >= 0.3 is 0 Å². The van der Waals surface area contributed by atoms with E-state index >= 15 is 0 Å². The second-order valence-corrected chi connectivity index (χ2v) is 6.37. The van der Waals surface area contributed by atoms with Gasteiger partial charge in [0.05, 0.1) is 0 Å². The molecule has 1 fully saturated rings. The molecule has 0 spiro atoms. The van der Waals surface area contributed by atoms with Gasteiger partial charge in [0.25, 0.3) is 5.91 Å². The van der Waals surface area contributed by atoms with Gasteiger partial charge in [0.15, 0.2) is 0 Å². The fourth-order valence-electron chi connectivity index (χ4n) is 3.22. The molecule has 22 heavy (non-hydrogen) atoms. The van der Waals surface area contributed by atoms with Crippen LogP contribution >= 0.6 is 0 Å². The molecule has 1 aliphatic heterocycles. The maximum Gasteiger partial charge on any atom is 0.253 e. The van der Waals surface area contributed by atoms with Crippen LogP contribution in [0.15, 0.2) is 24.3 Å². The molecule has 1 unspecified atom stereocenters. The summed E-state index contributed by atoms with van der Waals surface area (Å²) in [7, 11) is 0. The molecular weight excluding hydrogens is 276 g/mol. The van der Waals surface area contributed by atoms with E-state index in [1.807, 2.05) is 29.2 Å². The molecule has 122 valence electrons. The minimum absolute atomic E-state index is 0.0808. The lowest BCUT2D eigenvalue weighted by molar-refractivity contribution is 0.0621. The van der Waals surface area contributed by atoms with Crippen molar-refractivity contribution in [2.75, 3.05) is 31.1 Å². The van der Waals surface area contributed by atoms with Gasteiger partial charge in [-0.25, -0.2) is 0 Å². The van der Waals surface area contributed by atoms with E-state index in [0.29, 0.717) is 12.6 Å². The summed E-state index contributed by atoms with van der Waals surface area (Å²) in [6.45, 7) is 9.07. The summed E-state index contributed by atoms with van der Waals surface area (Å²) in [5.74, 6) is 0.311. The quantitative estimate of drug-likeness (QED) is 0.909. The lowest BCUT2D eigenvalue weighted by Crippen LogP contribution is -2.41. The molecule has 4 nitrogen and oxygen atoms in total. The van der Waals surface area contributed by atoms with Crippen LogP contribution < -0.4 is 4.90 Å². The Labute approximate surface area is 133 Å². The summed E-state index contributed by atoms with van der Waals surface area (Å²) >= 11 is 0. The van der Waals surface area contributed by atoms with Crippen molar-refractivity contribution in [1.82, 2.24) is 4.90 Å². The number of nitrogens with zero attached hydrogens (tertiary/aromatic N) is 2. The van der Waals surface area contributed by atoms with E-state index in [1.165, 1.54) is 0 Å². The van der Waals surface area contributed by atoms with Crippen LogP contribution in [0.1, 0.15) is 44.0 Å². The highest BCUT2D eigenvalue weighted by atomic mass is 16.3. The smallest absolute Gasteiger partial charge is 0.253 e. The molecule has 1 aliphatic rings. The number of piperidine rings is 1. The van der Waals surface area contributed by atoms with Crippen LogP contribution in [0.5, 0.6) is 0 Å². The number of carbonyl (C=O) groups excluding carboxylic acids is 1. The first kappa shape index (κ1) is 16.8. The molecule has 1 aromatic rings. The van der Waals surface area contributed by atoms with E-state index in [4.69, 9.17) is 0 Å². The Bertz CT molecular complexity index is 484. The Morgan fingerprint density at radius 1 is 1.36 bits per heavy atom. The van der Waals surface area contributed by atoms with E-state index < -0.39 is 0 Å². The van der Waals surface area contributed by atoms with E-state index in [2.05, 4.69) is 25.7 Å². The van der Waals surface area contributed by atoms with Crippen molar-refractivity contribution in [2.45, 2.75) is 39.7 Å². The van der Waals surface area contributed by atoms with Gasteiger partial charge in [-0.05, 0) is 63.8 Å². The monoisotopic (exact) mass is 304 g/mol. The second-order valence-electron chi connectivity index (χ2n) is 6.37. The lowest BCUT2D eigenvalue weighted by atomic mass is 9.98. The maximum absolute atomic E-state index is 12.6. The van der Waals surface area contributed by atoms with Crippen LogP contribution in [0.4, 0.5) is 5.69 Å². The third kappa shape index (κ3) is 3.80. The highest BCUT2D eigenvalue weighted by Gasteiger charge is 2.24. The van der Waals surface area contributed by atoms with Gasteiger partial charge in [-0.3, -0.25) is 4.79 Å². The predicted octanol–water partition coefficient (Wildman–Crippen LogP) is 2.77. The molecule has 1 amide bonds. The van der Waals surface area contributed by atoms with Crippen LogP contribution in [-0.4, -0.2) is 48.2 Å². The van der Waals surface area contributed by atoms with Gasteiger partial charge in [0, 0.05) is 43.5 Å². The van der Waals surface area contributed by atoms with E-state index in [1.54, 1.807) is 0 Å². The average Bonchev–Trinajstić information content (AvgIpc) is 2.55. The number of aliphatic hydroxyl groups excluding tert-OH is 1. The topological polar surface area (TPSA) is 43.8 Å². The molecule has 2 rings (SSSR count).